The van der Waals surface area contributed by atoms with Crippen LogP contribution in [-0.2, 0) is 9.53 Å². The van der Waals surface area contributed by atoms with E-state index in [0.29, 0.717) is 17.7 Å². The van der Waals surface area contributed by atoms with Gasteiger partial charge in [-0.05, 0) is 31.9 Å². The number of carbonyl (C=O) groups excluding carboxylic acids is 2. The Morgan fingerprint density at radius 3 is 2.68 bits per heavy atom. The molecule has 0 spiro atoms. The largest absolute Gasteiger partial charge is 0.459 e. The van der Waals surface area contributed by atoms with Crippen molar-refractivity contribution in [3.05, 3.63) is 50.2 Å². The second-order valence-electron chi connectivity index (χ2n) is 5.70. The summed E-state index contributed by atoms with van der Waals surface area (Å²) in [6, 6.07) is 2.77. The lowest BCUT2D eigenvalue weighted by Crippen LogP contribution is -2.46. The second-order valence-corrected chi connectivity index (χ2v) is 6.11. The lowest BCUT2D eigenvalue weighted by atomic mass is 9.94. The number of allylic oxidation sites excluding steroid dienone is 1. The number of halogens is 1. The van der Waals surface area contributed by atoms with Crippen molar-refractivity contribution in [1.29, 1.82) is 0 Å². The summed E-state index contributed by atoms with van der Waals surface area (Å²) in [5.41, 5.74) is 0.693. The molecule has 2 N–H and O–H groups in total. The highest BCUT2D eigenvalue weighted by Crippen LogP contribution is 2.33. The smallest absolute Gasteiger partial charge is 0.338 e. The first-order valence-electron chi connectivity index (χ1n) is 7.70. The minimum atomic E-state index is -0.870. The van der Waals surface area contributed by atoms with Crippen LogP contribution in [0.2, 0.25) is 5.02 Å². The van der Waals surface area contributed by atoms with Crippen LogP contribution in [-0.4, -0.2) is 23.0 Å². The van der Waals surface area contributed by atoms with Gasteiger partial charge >= 0.3 is 12.0 Å². The van der Waals surface area contributed by atoms with Crippen LogP contribution in [0.4, 0.5) is 10.5 Å². The fourth-order valence-electron chi connectivity index (χ4n) is 2.51. The number of urea groups is 1. The highest BCUT2D eigenvalue weighted by Gasteiger charge is 2.34. The minimum Gasteiger partial charge on any atom is -0.459 e. The Labute approximate surface area is 149 Å². The molecule has 0 radical (unpaired) electrons. The number of nitro benzene ring substituents is 1. The molecule has 25 heavy (non-hydrogen) atoms. The Morgan fingerprint density at radius 2 is 2.12 bits per heavy atom. The van der Waals surface area contributed by atoms with E-state index in [1.807, 2.05) is 0 Å². The number of hydrogen-bond donors (Lipinski definition) is 2. The molecule has 1 atom stereocenters. The highest BCUT2D eigenvalue weighted by molar-refractivity contribution is 6.32. The van der Waals surface area contributed by atoms with Crippen molar-refractivity contribution in [1.82, 2.24) is 10.6 Å². The maximum Gasteiger partial charge on any atom is 0.338 e. The number of benzene rings is 1. The number of amides is 2. The van der Waals surface area contributed by atoms with Gasteiger partial charge in [-0.3, -0.25) is 10.1 Å². The SMILES string of the molecule is CCC1=C(C(=O)OC(C)C)C(c2ccc(Cl)c([N+](=O)[O-])c2)NC(=O)N1. The number of nitro groups is 1. The molecule has 0 saturated heterocycles. The molecule has 2 amide bonds. The van der Waals surface area contributed by atoms with Gasteiger partial charge in [0.15, 0.2) is 0 Å². The predicted molar refractivity (Wildman–Crippen MR) is 91.1 cm³/mol. The molecule has 0 fully saturated rings. The maximum atomic E-state index is 12.5. The maximum absolute atomic E-state index is 12.5. The van der Waals surface area contributed by atoms with Crippen LogP contribution in [0, 0.1) is 10.1 Å². The van der Waals surface area contributed by atoms with Crippen LogP contribution >= 0.6 is 11.6 Å². The molecule has 9 heteroatoms. The zero-order valence-electron chi connectivity index (χ0n) is 14.0. The Bertz CT molecular complexity index is 760. The number of carbonyl (C=O) groups is 2. The van der Waals surface area contributed by atoms with Crippen molar-refractivity contribution in [2.45, 2.75) is 39.3 Å². The fourth-order valence-corrected chi connectivity index (χ4v) is 2.70. The average Bonchev–Trinajstić information content (AvgIpc) is 2.53. The van der Waals surface area contributed by atoms with Gasteiger partial charge in [0.1, 0.15) is 5.02 Å². The van der Waals surface area contributed by atoms with Crippen LogP contribution < -0.4 is 10.6 Å². The fraction of sp³-hybridized carbons (Fsp3) is 0.375. The van der Waals surface area contributed by atoms with E-state index in [0.717, 1.165) is 0 Å². The first-order valence-corrected chi connectivity index (χ1v) is 8.07. The number of rotatable bonds is 5. The summed E-state index contributed by atoms with van der Waals surface area (Å²) >= 11 is 5.84. The van der Waals surface area contributed by atoms with Crippen LogP contribution in [0.3, 0.4) is 0 Å². The monoisotopic (exact) mass is 367 g/mol. The lowest BCUT2D eigenvalue weighted by Gasteiger charge is -2.29. The van der Waals surface area contributed by atoms with Gasteiger partial charge in [-0.1, -0.05) is 24.6 Å². The minimum absolute atomic E-state index is 0.0278. The first kappa shape index (κ1) is 18.7. The Morgan fingerprint density at radius 1 is 1.44 bits per heavy atom. The molecular weight excluding hydrogens is 350 g/mol. The number of hydrogen-bond acceptors (Lipinski definition) is 5. The van der Waals surface area contributed by atoms with Crippen molar-refractivity contribution in [2.75, 3.05) is 0 Å². The second kappa shape index (κ2) is 7.52. The molecule has 0 aliphatic carbocycles. The Balaban J connectivity index is 2.56. The van der Waals surface area contributed by atoms with E-state index in [9.17, 15) is 19.7 Å². The summed E-state index contributed by atoms with van der Waals surface area (Å²) in [6.07, 6.45) is 0.0400. The van der Waals surface area contributed by atoms with E-state index in [1.165, 1.54) is 18.2 Å². The van der Waals surface area contributed by atoms with Gasteiger partial charge in [0.25, 0.3) is 5.69 Å². The quantitative estimate of drug-likeness (QED) is 0.471. The molecule has 1 aromatic rings. The van der Waals surface area contributed by atoms with Crippen molar-refractivity contribution < 1.29 is 19.2 Å². The average molecular weight is 368 g/mol. The predicted octanol–water partition coefficient (Wildman–Crippen LogP) is 3.22. The molecular formula is C16H18ClN3O5. The van der Waals surface area contributed by atoms with Crippen molar-refractivity contribution in [3.63, 3.8) is 0 Å². The standard InChI is InChI=1S/C16H18ClN3O5/c1-4-11-13(15(21)25-8(2)3)14(19-16(22)18-11)9-5-6-10(17)12(7-9)20(23)24/h5-8,14H,4H2,1-3H3,(H2,18,19,22). The summed E-state index contributed by atoms with van der Waals surface area (Å²) in [6.45, 7) is 5.20. The molecule has 8 nitrogen and oxygen atoms in total. The summed E-state index contributed by atoms with van der Waals surface area (Å²) in [5, 5.41) is 16.3. The summed E-state index contributed by atoms with van der Waals surface area (Å²) < 4.78 is 5.26. The third kappa shape index (κ3) is 4.08. The summed E-state index contributed by atoms with van der Waals surface area (Å²) in [7, 11) is 0. The zero-order chi connectivity index (χ0) is 18.7. The van der Waals surface area contributed by atoms with E-state index < -0.39 is 23.0 Å². The number of esters is 1. The molecule has 0 saturated carbocycles. The van der Waals surface area contributed by atoms with Gasteiger partial charge in [0.05, 0.1) is 22.6 Å². The molecule has 1 heterocycles. The third-order valence-electron chi connectivity index (χ3n) is 3.57. The molecule has 1 aliphatic heterocycles. The van der Waals surface area contributed by atoms with Crippen molar-refractivity contribution in [2.24, 2.45) is 0 Å². The van der Waals surface area contributed by atoms with Gasteiger partial charge in [0, 0.05) is 11.8 Å². The molecule has 1 aromatic carbocycles. The van der Waals surface area contributed by atoms with E-state index in [2.05, 4.69) is 10.6 Å². The number of nitrogens with zero attached hydrogens (tertiary/aromatic N) is 1. The van der Waals surface area contributed by atoms with E-state index in [-0.39, 0.29) is 22.4 Å². The van der Waals surface area contributed by atoms with Crippen LogP contribution in [0.1, 0.15) is 38.8 Å². The molecule has 0 bridgehead atoms. The Kier molecular flexibility index (Phi) is 5.63. The zero-order valence-corrected chi connectivity index (χ0v) is 14.7. The molecule has 1 aliphatic rings. The van der Waals surface area contributed by atoms with E-state index in [4.69, 9.17) is 16.3 Å². The van der Waals surface area contributed by atoms with Gasteiger partial charge in [-0.2, -0.15) is 0 Å². The van der Waals surface area contributed by atoms with E-state index >= 15 is 0 Å². The van der Waals surface area contributed by atoms with Crippen molar-refractivity contribution >= 4 is 29.3 Å². The summed E-state index contributed by atoms with van der Waals surface area (Å²) in [5.74, 6) is -0.595. The van der Waals surface area contributed by atoms with Gasteiger partial charge in [-0.15, -0.1) is 0 Å². The van der Waals surface area contributed by atoms with Gasteiger partial charge in [-0.25, -0.2) is 9.59 Å². The normalized spacial score (nSPS) is 17.2. The molecule has 2 rings (SSSR count). The highest BCUT2D eigenvalue weighted by atomic mass is 35.5. The number of nitrogens with one attached hydrogen (secondary N) is 2. The number of ether oxygens (including phenoxy) is 1. The van der Waals surface area contributed by atoms with Crippen LogP contribution in [0.5, 0.6) is 0 Å². The van der Waals surface area contributed by atoms with Crippen LogP contribution in [0.15, 0.2) is 29.5 Å². The molecule has 134 valence electrons. The topological polar surface area (TPSA) is 111 Å². The summed E-state index contributed by atoms with van der Waals surface area (Å²) in [4.78, 5) is 34.9. The van der Waals surface area contributed by atoms with Gasteiger partial charge in [0.2, 0.25) is 0 Å². The van der Waals surface area contributed by atoms with E-state index in [1.54, 1.807) is 20.8 Å². The third-order valence-corrected chi connectivity index (χ3v) is 3.89. The molecule has 0 aromatic heterocycles. The first-order chi connectivity index (χ1) is 11.7. The molecule has 1 unspecified atom stereocenters. The van der Waals surface area contributed by atoms with Crippen LogP contribution in [0.25, 0.3) is 0 Å². The lowest BCUT2D eigenvalue weighted by molar-refractivity contribution is -0.384. The van der Waals surface area contributed by atoms with Gasteiger partial charge < -0.3 is 15.4 Å². The van der Waals surface area contributed by atoms with Crippen molar-refractivity contribution in [3.8, 4) is 0 Å². The Hall–Kier alpha value is -2.61.